The van der Waals surface area contributed by atoms with Crippen LogP contribution in [0.4, 0.5) is 0 Å². The number of methoxy groups -OCH3 is 1. The van der Waals surface area contributed by atoms with Crippen molar-refractivity contribution in [2.24, 2.45) is 5.92 Å². The molecule has 0 bridgehead atoms. The SMILES string of the molecule is COc1cccc(OCC(=O)N2CCC(Cc3ccccc3C(=O)O)CC2)c1. The third-order valence-electron chi connectivity index (χ3n) is 5.13. The predicted octanol–water partition coefficient (Wildman–Crippen LogP) is 3.25. The lowest BCUT2D eigenvalue weighted by Gasteiger charge is -2.32. The highest BCUT2D eigenvalue weighted by Crippen LogP contribution is 2.24. The number of carbonyl (C=O) groups excluding carboxylic acids is 1. The van der Waals surface area contributed by atoms with Crippen molar-refractivity contribution >= 4 is 11.9 Å². The summed E-state index contributed by atoms with van der Waals surface area (Å²) in [6.45, 7) is 1.33. The third-order valence-corrected chi connectivity index (χ3v) is 5.13. The number of rotatable bonds is 7. The maximum Gasteiger partial charge on any atom is 0.335 e. The number of likely N-dealkylation sites (tertiary alicyclic amines) is 1. The van der Waals surface area contributed by atoms with Crippen LogP contribution in [-0.4, -0.2) is 48.7 Å². The van der Waals surface area contributed by atoms with Crippen molar-refractivity contribution in [1.29, 1.82) is 0 Å². The van der Waals surface area contributed by atoms with Crippen LogP contribution in [0.1, 0.15) is 28.8 Å². The van der Waals surface area contributed by atoms with Gasteiger partial charge in [0.1, 0.15) is 11.5 Å². The normalized spacial score (nSPS) is 14.5. The molecule has 1 saturated heterocycles. The van der Waals surface area contributed by atoms with E-state index in [1.807, 2.05) is 29.2 Å². The van der Waals surface area contributed by atoms with E-state index in [-0.39, 0.29) is 12.5 Å². The van der Waals surface area contributed by atoms with Gasteiger partial charge in [0, 0.05) is 19.2 Å². The molecule has 1 heterocycles. The van der Waals surface area contributed by atoms with Crippen molar-refractivity contribution in [1.82, 2.24) is 4.90 Å². The highest BCUT2D eigenvalue weighted by atomic mass is 16.5. The first-order valence-electron chi connectivity index (χ1n) is 9.42. The summed E-state index contributed by atoms with van der Waals surface area (Å²) in [6.07, 6.45) is 2.45. The minimum atomic E-state index is -0.891. The molecule has 1 fully saturated rings. The topological polar surface area (TPSA) is 76.1 Å². The summed E-state index contributed by atoms with van der Waals surface area (Å²) in [6, 6.07) is 14.3. The second-order valence-electron chi connectivity index (χ2n) is 6.96. The molecule has 28 heavy (non-hydrogen) atoms. The molecule has 0 aromatic heterocycles. The van der Waals surface area contributed by atoms with E-state index in [1.54, 1.807) is 31.4 Å². The lowest BCUT2D eigenvalue weighted by Crippen LogP contribution is -2.41. The number of piperidine rings is 1. The van der Waals surface area contributed by atoms with Crippen LogP contribution in [0.15, 0.2) is 48.5 Å². The zero-order valence-corrected chi connectivity index (χ0v) is 16.0. The Kier molecular flexibility index (Phi) is 6.53. The average Bonchev–Trinajstić information content (AvgIpc) is 2.73. The van der Waals surface area contributed by atoms with Gasteiger partial charge in [0.15, 0.2) is 6.61 Å². The fraction of sp³-hybridized carbons (Fsp3) is 0.364. The molecule has 0 unspecified atom stereocenters. The summed E-state index contributed by atoms with van der Waals surface area (Å²) in [5.74, 6) is 0.745. The van der Waals surface area contributed by atoms with Gasteiger partial charge in [-0.2, -0.15) is 0 Å². The monoisotopic (exact) mass is 383 g/mol. The summed E-state index contributed by atoms with van der Waals surface area (Å²) in [7, 11) is 1.59. The quantitative estimate of drug-likeness (QED) is 0.794. The van der Waals surface area contributed by atoms with Gasteiger partial charge in [-0.1, -0.05) is 24.3 Å². The fourth-order valence-corrected chi connectivity index (χ4v) is 3.53. The smallest absolute Gasteiger partial charge is 0.335 e. The van der Waals surface area contributed by atoms with Gasteiger partial charge < -0.3 is 19.5 Å². The molecule has 6 nitrogen and oxygen atoms in total. The molecule has 0 saturated carbocycles. The number of hydrogen-bond donors (Lipinski definition) is 1. The molecular weight excluding hydrogens is 358 g/mol. The number of benzene rings is 2. The standard InChI is InChI=1S/C22H25NO5/c1-27-18-6-4-7-19(14-18)28-15-21(24)23-11-9-16(10-12-23)13-17-5-2-3-8-20(17)22(25)26/h2-8,14,16H,9-13,15H2,1H3,(H,25,26). The van der Waals surface area contributed by atoms with Crippen molar-refractivity contribution in [3.63, 3.8) is 0 Å². The Morgan fingerprint density at radius 2 is 1.79 bits per heavy atom. The van der Waals surface area contributed by atoms with E-state index in [9.17, 15) is 14.7 Å². The van der Waals surface area contributed by atoms with Gasteiger partial charge in [0.25, 0.3) is 5.91 Å². The summed E-state index contributed by atoms with van der Waals surface area (Å²) in [5, 5.41) is 9.32. The minimum Gasteiger partial charge on any atom is -0.497 e. The molecule has 2 aromatic rings. The molecular formula is C22H25NO5. The molecule has 1 amide bonds. The Hall–Kier alpha value is -3.02. The second kappa shape index (κ2) is 9.26. The third kappa shape index (κ3) is 5.03. The Bertz CT molecular complexity index is 827. The first-order valence-corrected chi connectivity index (χ1v) is 9.42. The number of carbonyl (C=O) groups is 2. The zero-order chi connectivity index (χ0) is 19.9. The van der Waals surface area contributed by atoms with E-state index in [0.29, 0.717) is 36.1 Å². The van der Waals surface area contributed by atoms with Crippen molar-refractivity contribution in [3.8, 4) is 11.5 Å². The summed E-state index contributed by atoms with van der Waals surface area (Å²) < 4.78 is 10.7. The summed E-state index contributed by atoms with van der Waals surface area (Å²) in [5.41, 5.74) is 1.23. The van der Waals surface area contributed by atoms with Crippen molar-refractivity contribution < 1.29 is 24.2 Å². The molecule has 0 radical (unpaired) electrons. The summed E-state index contributed by atoms with van der Waals surface area (Å²) >= 11 is 0. The van der Waals surface area contributed by atoms with Crippen molar-refractivity contribution in [2.75, 3.05) is 26.8 Å². The lowest BCUT2D eigenvalue weighted by molar-refractivity contribution is -0.134. The molecule has 0 spiro atoms. The van der Waals surface area contributed by atoms with E-state index >= 15 is 0 Å². The Morgan fingerprint density at radius 1 is 1.07 bits per heavy atom. The van der Waals surface area contributed by atoms with Gasteiger partial charge in [-0.05, 0) is 48.9 Å². The van der Waals surface area contributed by atoms with Gasteiger partial charge in [0.05, 0.1) is 12.7 Å². The van der Waals surface area contributed by atoms with Crippen LogP contribution in [0.25, 0.3) is 0 Å². The van der Waals surface area contributed by atoms with Crippen LogP contribution in [0.3, 0.4) is 0 Å². The maximum atomic E-state index is 12.4. The van der Waals surface area contributed by atoms with Crippen molar-refractivity contribution in [2.45, 2.75) is 19.3 Å². The molecule has 0 aliphatic carbocycles. The highest BCUT2D eigenvalue weighted by Gasteiger charge is 2.24. The molecule has 1 N–H and O–H groups in total. The number of amides is 1. The van der Waals surface area contributed by atoms with Gasteiger partial charge in [-0.3, -0.25) is 4.79 Å². The number of nitrogens with zero attached hydrogens (tertiary/aromatic N) is 1. The van der Waals surface area contributed by atoms with E-state index in [4.69, 9.17) is 9.47 Å². The van der Waals surface area contributed by atoms with Gasteiger partial charge >= 0.3 is 5.97 Å². The van der Waals surface area contributed by atoms with Gasteiger partial charge in [-0.15, -0.1) is 0 Å². The van der Waals surface area contributed by atoms with Crippen LogP contribution >= 0.6 is 0 Å². The van der Waals surface area contributed by atoms with E-state index in [0.717, 1.165) is 24.8 Å². The summed E-state index contributed by atoms with van der Waals surface area (Å²) in [4.78, 5) is 25.6. The average molecular weight is 383 g/mol. The van der Waals surface area contributed by atoms with Crippen LogP contribution < -0.4 is 9.47 Å². The van der Waals surface area contributed by atoms with Crippen LogP contribution in [0.2, 0.25) is 0 Å². The molecule has 1 aliphatic rings. The highest BCUT2D eigenvalue weighted by molar-refractivity contribution is 5.89. The van der Waals surface area contributed by atoms with Gasteiger partial charge in [0.2, 0.25) is 0 Å². The largest absolute Gasteiger partial charge is 0.497 e. The van der Waals surface area contributed by atoms with E-state index in [2.05, 4.69) is 0 Å². The number of carboxylic acid groups (broad SMARTS) is 1. The molecule has 3 rings (SSSR count). The lowest BCUT2D eigenvalue weighted by atomic mass is 9.88. The molecule has 148 valence electrons. The first-order chi connectivity index (χ1) is 13.6. The number of aromatic carboxylic acids is 1. The van der Waals surface area contributed by atoms with Crippen LogP contribution in [-0.2, 0) is 11.2 Å². The van der Waals surface area contributed by atoms with Crippen LogP contribution in [0.5, 0.6) is 11.5 Å². The number of ether oxygens (including phenoxy) is 2. The Labute approximate surface area is 164 Å². The molecule has 6 heteroatoms. The van der Waals surface area contributed by atoms with E-state index < -0.39 is 5.97 Å². The number of carboxylic acids is 1. The first kappa shape index (κ1) is 19.7. The second-order valence-corrected chi connectivity index (χ2v) is 6.96. The molecule has 1 aliphatic heterocycles. The zero-order valence-electron chi connectivity index (χ0n) is 16.0. The maximum absolute atomic E-state index is 12.4. The predicted molar refractivity (Wildman–Crippen MR) is 105 cm³/mol. The molecule has 0 atom stereocenters. The van der Waals surface area contributed by atoms with Gasteiger partial charge in [-0.25, -0.2) is 4.79 Å². The minimum absolute atomic E-state index is 0.000316. The molecule has 2 aromatic carbocycles. The van der Waals surface area contributed by atoms with Crippen molar-refractivity contribution in [3.05, 3.63) is 59.7 Å². The number of hydrogen-bond acceptors (Lipinski definition) is 4. The fourth-order valence-electron chi connectivity index (χ4n) is 3.53. The Morgan fingerprint density at radius 3 is 2.50 bits per heavy atom. The Balaban J connectivity index is 1.48. The van der Waals surface area contributed by atoms with Crippen LogP contribution in [0, 0.1) is 5.92 Å². The van der Waals surface area contributed by atoms with E-state index in [1.165, 1.54) is 0 Å².